The summed E-state index contributed by atoms with van der Waals surface area (Å²) in [5.41, 5.74) is 0.437. The number of rotatable bonds is 1. The van der Waals surface area contributed by atoms with Crippen molar-refractivity contribution in [3.05, 3.63) is 0 Å². The summed E-state index contributed by atoms with van der Waals surface area (Å²) in [4.78, 5) is 11.0. The first-order valence-electron chi connectivity index (χ1n) is 4.97. The predicted molar refractivity (Wildman–Crippen MR) is 48.8 cm³/mol. The molecule has 0 radical (unpaired) electrons. The van der Waals surface area contributed by atoms with Gasteiger partial charge in [0.2, 0.25) is 0 Å². The molecule has 0 aliphatic heterocycles. The molecule has 3 atom stereocenters. The van der Waals surface area contributed by atoms with Gasteiger partial charge in [0.25, 0.3) is 0 Å². The summed E-state index contributed by atoms with van der Waals surface area (Å²) < 4.78 is 0. The van der Waals surface area contributed by atoms with Gasteiger partial charge in [0.1, 0.15) is 6.29 Å². The lowest BCUT2D eigenvalue weighted by atomic mass is 9.41. The average molecular weight is 166 g/mol. The van der Waals surface area contributed by atoms with E-state index in [0.717, 1.165) is 12.3 Å². The third-order valence-electron chi connectivity index (χ3n) is 4.57. The molecular weight excluding hydrogens is 148 g/mol. The van der Waals surface area contributed by atoms with E-state index in [4.69, 9.17) is 0 Å². The van der Waals surface area contributed by atoms with E-state index in [0.29, 0.717) is 11.3 Å². The van der Waals surface area contributed by atoms with E-state index in [1.54, 1.807) is 0 Å². The molecule has 0 spiro atoms. The van der Waals surface area contributed by atoms with E-state index in [-0.39, 0.29) is 5.41 Å². The van der Waals surface area contributed by atoms with Crippen molar-refractivity contribution in [1.82, 2.24) is 0 Å². The van der Waals surface area contributed by atoms with Crippen molar-refractivity contribution in [1.29, 1.82) is 0 Å². The van der Waals surface area contributed by atoms with Crippen LogP contribution in [0.2, 0.25) is 0 Å². The van der Waals surface area contributed by atoms with Crippen molar-refractivity contribution >= 4 is 6.29 Å². The topological polar surface area (TPSA) is 17.1 Å². The molecule has 3 aliphatic carbocycles. The molecule has 0 aromatic rings. The maximum Gasteiger partial charge on any atom is 0.126 e. The van der Waals surface area contributed by atoms with Crippen molar-refractivity contribution in [2.75, 3.05) is 0 Å². The van der Waals surface area contributed by atoms with Gasteiger partial charge in [-0.05, 0) is 36.5 Å². The van der Waals surface area contributed by atoms with Crippen LogP contribution in [0.1, 0.15) is 40.0 Å². The number of hydrogen-bond acceptors (Lipinski definition) is 1. The summed E-state index contributed by atoms with van der Waals surface area (Å²) in [6, 6.07) is 0. The summed E-state index contributed by atoms with van der Waals surface area (Å²) in [6.07, 6.45) is 4.88. The Balaban J connectivity index is 2.27. The second-order valence-electron chi connectivity index (χ2n) is 5.47. The predicted octanol–water partition coefficient (Wildman–Crippen LogP) is 2.65. The molecule has 0 amide bonds. The summed E-state index contributed by atoms with van der Waals surface area (Å²) in [6.45, 7) is 6.79. The number of hydrogen-bond donors (Lipinski definition) is 0. The van der Waals surface area contributed by atoms with Gasteiger partial charge in [-0.3, -0.25) is 0 Å². The van der Waals surface area contributed by atoms with Crippen molar-refractivity contribution in [2.45, 2.75) is 40.0 Å². The molecule has 3 fully saturated rings. The van der Waals surface area contributed by atoms with Crippen LogP contribution < -0.4 is 0 Å². The lowest BCUT2D eigenvalue weighted by Crippen LogP contribution is -2.57. The Kier molecular flexibility index (Phi) is 1.47. The number of fused-ring (bicyclic) bond motifs is 2. The van der Waals surface area contributed by atoms with Crippen molar-refractivity contribution in [3.8, 4) is 0 Å². The highest BCUT2D eigenvalue weighted by molar-refractivity contribution is 5.60. The molecule has 3 aliphatic rings. The first-order valence-corrected chi connectivity index (χ1v) is 4.97. The SMILES string of the molecule is CC1(C)[C@H]2CC[C@@](C)(C=O)[C@H]1C2. The molecular formula is C11H18O. The molecule has 0 heterocycles. The second-order valence-corrected chi connectivity index (χ2v) is 5.47. The van der Waals surface area contributed by atoms with Crippen LogP contribution in [0.4, 0.5) is 0 Å². The zero-order valence-corrected chi connectivity index (χ0v) is 8.26. The number of aldehydes is 1. The quantitative estimate of drug-likeness (QED) is 0.547. The molecule has 1 heteroatoms. The molecule has 3 saturated carbocycles. The van der Waals surface area contributed by atoms with Crippen LogP contribution in [0.3, 0.4) is 0 Å². The third-order valence-corrected chi connectivity index (χ3v) is 4.57. The zero-order chi connectivity index (χ0) is 8.98. The van der Waals surface area contributed by atoms with Gasteiger partial charge in [-0.15, -0.1) is 0 Å². The minimum absolute atomic E-state index is 0.00174. The van der Waals surface area contributed by atoms with Gasteiger partial charge < -0.3 is 4.79 Å². The van der Waals surface area contributed by atoms with Crippen LogP contribution in [-0.2, 0) is 4.79 Å². The number of carbonyl (C=O) groups is 1. The first-order chi connectivity index (χ1) is 5.50. The second kappa shape index (κ2) is 2.12. The number of carbonyl (C=O) groups excluding carboxylic acids is 1. The molecule has 0 N–H and O–H groups in total. The van der Waals surface area contributed by atoms with Gasteiger partial charge in [0.15, 0.2) is 0 Å². The third kappa shape index (κ3) is 0.773. The van der Waals surface area contributed by atoms with Crippen molar-refractivity contribution in [2.24, 2.45) is 22.7 Å². The van der Waals surface area contributed by atoms with E-state index in [1.165, 1.54) is 19.1 Å². The summed E-state index contributed by atoms with van der Waals surface area (Å²) >= 11 is 0. The molecule has 0 aromatic heterocycles. The van der Waals surface area contributed by atoms with Gasteiger partial charge in [0, 0.05) is 5.41 Å². The fraction of sp³-hybridized carbons (Fsp3) is 0.909. The lowest BCUT2D eigenvalue weighted by molar-refractivity contribution is -0.159. The minimum atomic E-state index is -0.00174. The maximum atomic E-state index is 11.0. The Hall–Kier alpha value is -0.330. The first kappa shape index (κ1) is 8.28. The van der Waals surface area contributed by atoms with E-state index in [9.17, 15) is 4.79 Å². The van der Waals surface area contributed by atoms with Crippen LogP contribution in [0, 0.1) is 22.7 Å². The maximum absolute atomic E-state index is 11.0. The smallest absolute Gasteiger partial charge is 0.126 e. The Morgan fingerprint density at radius 2 is 2.00 bits per heavy atom. The molecule has 2 bridgehead atoms. The Labute approximate surface area is 74.5 Å². The normalized spacial score (nSPS) is 49.6. The summed E-state index contributed by atoms with van der Waals surface area (Å²) in [7, 11) is 0. The standard InChI is InChI=1S/C11H18O/c1-10(2)8-4-5-11(3,7-12)9(10)6-8/h7-9H,4-6H2,1-3H3/t8-,9-,11-/m0/s1. The van der Waals surface area contributed by atoms with Gasteiger partial charge in [-0.25, -0.2) is 0 Å². The van der Waals surface area contributed by atoms with Crippen LogP contribution in [0.15, 0.2) is 0 Å². The fourth-order valence-corrected chi connectivity index (χ4v) is 3.43. The molecule has 0 saturated heterocycles. The van der Waals surface area contributed by atoms with Crippen LogP contribution in [0.25, 0.3) is 0 Å². The zero-order valence-electron chi connectivity index (χ0n) is 8.26. The van der Waals surface area contributed by atoms with E-state index in [2.05, 4.69) is 20.8 Å². The van der Waals surface area contributed by atoms with E-state index >= 15 is 0 Å². The minimum Gasteiger partial charge on any atom is -0.303 e. The monoisotopic (exact) mass is 166 g/mol. The van der Waals surface area contributed by atoms with E-state index < -0.39 is 0 Å². The van der Waals surface area contributed by atoms with Gasteiger partial charge in [-0.2, -0.15) is 0 Å². The van der Waals surface area contributed by atoms with Crippen LogP contribution in [-0.4, -0.2) is 6.29 Å². The largest absolute Gasteiger partial charge is 0.303 e. The highest BCUT2D eigenvalue weighted by Gasteiger charge is 2.59. The molecule has 3 rings (SSSR count). The molecule has 12 heavy (non-hydrogen) atoms. The van der Waals surface area contributed by atoms with Gasteiger partial charge in [-0.1, -0.05) is 20.8 Å². The summed E-state index contributed by atoms with van der Waals surface area (Å²) in [5.74, 6) is 1.55. The van der Waals surface area contributed by atoms with E-state index in [1.807, 2.05) is 0 Å². The molecule has 0 unspecified atom stereocenters. The molecule has 68 valence electrons. The highest BCUT2D eigenvalue weighted by Crippen LogP contribution is 2.65. The Morgan fingerprint density at radius 3 is 2.33 bits per heavy atom. The molecule has 1 nitrogen and oxygen atoms in total. The molecule has 0 aromatic carbocycles. The fourth-order valence-electron chi connectivity index (χ4n) is 3.43. The highest BCUT2D eigenvalue weighted by atomic mass is 16.1. The van der Waals surface area contributed by atoms with Gasteiger partial charge in [0.05, 0.1) is 0 Å². The lowest BCUT2D eigenvalue weighted by Gasteiger charge is -2.63. The average Bonchev–Trinajstić information content (AvgIpc) is 2.04. The van der Waals surface area contributed by atoms with Crippen LogP contribution in [0.5, 0.6) is 0 Å². The van der Waals surface area contributed by atoms with Crippen molar-refractivity contribution < 1.29 is 4.79 Å². The Bertz CT molecular complexity index is 217. The van der Waals surface area contributed by atoms with Gasteiger partial charge >= 0.3 is 0 Å². The Morgan fingerprint density at radius 1 is 1.33 bits per heavy atom. The van der Waals surface area contributed by atoms with Crippen LogP contribution >= 0.6 is 0 Å². The van der Waals surface area contributed by atoms with Crippen molar-refractivity contribution in [3.63, 3.8) is 0 Å². The summed E-state index contributed by atoms with van der Waals surface area (Å²) in [5, 5.41) is 0.